The lowest BCUT2D eigenvalue weighted by atomic mass is 9.80. The lowest BCUT2D eigenvalue weighted by molar-refractivity contribution is -0.0376. The Hall–Kier alpha value is -2.07. The lowest BCUT2D eigenvalue weighted by Gasteiger charge is -2.40. The Morgan fingerprint density at radius 1 is 1.34 bits per heavy atom. The molecular formula is C22H34N6O3S. The van der Waals surface area contributed by atoms with Crippen molar-refractivity contribution >= 4 is 35.7 Å². The number of carbonyl (C=O) groups excluding carboxylic acids is 1. The van der Waals surface area contributed by atoms with Gasteiger partial charge in [-0.2, -0.15) is 5.10 Å². The Bertz CT molecular complexity index is 958. The molecule has 0 spiro atoms. The number of hydrogen-bond acceptors (Lipinski definition) is 8. The summed E-state index contributed by atoms with van der Waals surface area (Å²) in [5, 5.41) is 8.06. The van der Waals surface area contributed by atoms with E-state index in [1.54, 1.807) is 6.20 Å². The molecular weight excluding hydrogens is 428 g/mol. The van der Waals surface area contributed by atoms with Crippen LogP contribution in [0.3, 0.4) is 0 Å². The molecule has 2 saturated heterocycles. The summed E-state index contributed by atoms with van der Waals surface area (Å²) in [6.45, 7) is 10.8. The van der Waals surface area contributed by atoms with E-state index in [9.17, 15) is 4.79 Å². The minimum atomic E-state index is -0.492. The van der Waals surface area contributed by atoms with Crippen LogP contribution in [0, 0.1) is 5.41 Å². The number of aromatic nitrogens is 4. The van der Waals surface area contributed by atoms with Gasteiger partial charge in [0.15, 0.2) is 11.9 Å². The molecule has 0 bridgehead atoms. The highest BCUT2D eigenvalue weighted by Crippen LogP contribution is 2.33. The second kappa shape index (κ2) is 9.05. The molecule has 2 aromatic heterocycles. The summed E-state index contributed by atoms with van der Waals surface area (Å²) in [7, 11) is 0. The topological polar surface area (TPSA) is 94.4 Å². The zero-order chi connectivity index (χ0) is 22.9. The maximum Gasteiger partial charge on any atom is 0.407 e. The Morgan fingerprint density at radius 3 is 2.75 bits per heavy atom. The Balaban J connectivity index is 1.42. The van der Waals surface area contributed by atoms with Gasteiger partial charge in [-0.25, -0.2) is 19.4 Å². The van der Waals surface area contributed by atoms with Crippen molar-refractivity contribution in [2.75, 3.05) is 31.1 Å². The number of rotatable bonds is 4. The van der Waals surface area contributed by atoms with Gasteiger partial charge in [0, 0.05) is 26.2 Å². The standard InChI is InChI=1S/C22H34N6O3S/c1-21(2,3)31-20(29)24-14-22(4)8-10-27(11-9-22)15-13-23-17-18(25-15)28(26-19(17)32)16-7-5-6-12-30-16/h13,16H,5-12,14H2,1-4H3,(H,24,29)(H,26,32). The molecule has 0 aliphatic carbocycles. The number of alkyl carbamates (subject to hydrolysis) is 1. The molecule has 2 aromatic rings. The first-order valence-electron chi connectivity index (χ1n) is 11.4. The van der Waals surface area contributed by atoms with Crippen molar-refractivity contribution in [3.63, 3.8) is 0 Å². The third kappa shape index (κ3) is 5.28. The molecule has 0 saturated carbocycles. The number of nitrogens with one attached hydrogen (secondary N) is 1. The molecule has 1 amide bonds. The number of piperidine rings is 1. The minimum Gasteiger partial charge on any atom is -0.444 e. The molecule has 9 nitrogen and oxygen atoms in total. The molecule has 4 rings (SSSR count). The van der Waals surface area contributed by atoms with Gasteiger partial charge in [0.25, 0.3) is 0 Å². The molecule has 32 heavy (non-hydrogen) atoms. The van der Waals surface area contributed by atoms with Gasteiger partial charge in [0.1, 0.15) is 22.0 Å². The summed E-state index contributed by atoms with van der Waals surface area (Å²) in [5.74, 6) is 0.838. The van der Waals surface area contributed by atoms with E-state index in [0.29, 0.717) is 17.1 Å². The number of amides is 1. The smallest absolute Gasteiger partial charge is 0.407 e. The van der Waals surface area contributed by atoms with Crippen LogP contribution in [0.1, 0.15) is 66.0 Å². The quantitative estimate of drug-likeness (QED) is 0.665. The Kier molecular flexibility index (Phi) is 6.53. The number of thiol groups is 1. The molecule has 10 heteroatoms. The second-order valence-electron chi connectivity index (χ2n) is 10.1. The third-order valence-electron chi connectivity index (χ3n) is 6.15. The first-order chi connectivity index (χ1) is 15.1. The third-order valence-corrected chi connectivity index (χ3v) is 6.46. The molecule has 1 N–H and O–H groups in total. The highest BCUT2D eigenvalue weighted by molar-refractivity contribution is 7.80. The fraction of sp³-hybridized carbons (Fsp3) is 0.727. The van der Waals surface area contributed by atoms with Crippen molar-refractivity contribution < 1.29 is 14.3 Å². The molecule has 1 unspecified atom stereocenters. The zero-order valence-electron chi connectivity index (χ0n) is 19.4. The van der Waals surface area contributed by atoms with Gasteiger partial charge in [-0.3, -0.25) is 0 Å². The normalized spacial score (nSPS) is 21.5. The average Bonchev–Trinajstić information content (AvgIpc) is 3.08. The number of anilines is 1. The van der Waals surface area contributed by atoms with Crippen LogP contribution < -0.4 is 10.2 Å². The van der Waals surface area contributed by atoms with Crippen LogP contribution in [0.2, 0.25) is 0 Å². The van der Waals surface area contributed by atoms with Crippen molar-refractivity contribution in [1.29, 1.82) is 0 Å². The van der Waals surface area contributed by atoms with Crippen LogP contribution in [-0.4, -0.2) is 57.7 Å². The van der Waals surface area contributed by atoms with Crippen LogP contribution in [-0.2, 0) is 9.47 Å². The van der Waals surface area contributed by atoms with Crippen LogP contribution in [0.25, 0.3) is 11.2 Å². The predicted molar refractivity (Wildman–Crippen MR) is 125 cm³/mol. The first-order valence-corrected chi connectivity index (χ1v) is 11.9. The number of carbonyl (C=O) groups is 1. The van der Waals surface area contributed by atoms with E-state index >= 15 is 0 Å². The predicted octanol–water partition coefficient (Wildman–Crippen LogP) is 3.95. The molecule has 0 aromatic carbocycles. The summed E-state index contributed by atoms with van der Waals surface area (Å²) >= 11 is 4.49. The van der Waals surface area contributed by atoms with Crippen molar-refractivity contribution in [3.8, 4) is 0 Å². The van der Waals surface area contributed by atoms with Gasteiger partial charge < -0.3 is 19.7 Å². The van der Waals surface area contributed by atoms with E-state index in [1.165, 1.54) is 0 Å². The van der Waals surface area contributed by atoms with E-state index < -0.39 is 5.60 Å². The van der Waals surface area contributed by atoms with Crippen LogP contribution in [0.4, 0.5) is 10.6 Å². The number of ether oxygens (including phenoxy) is 2. The molecule has 4 heterocycles. The molecule has 1 atom stereocenters. The highest BCUT2D eigenvalue weighted by atomic mass is 32.1. The Labute approximate surface area is 194 Å². The summed E-state index contributed by atoms with van der Waals surface area (Å²) in [5.41, 5.74) is 0.947. The highest BCUT2D eigenvalue weighted by Gasteiger charge is 2.32. The average molecular weight is 463 g/mol. The van der Waals surface area contributed by atoms with Gasteiger partial charge in [-0.05, 0) is 58.3 Å². The number of nitrogens with zero attached hydrogens (tertiary/aromatic N) is 5. The fourth-order valence-electron chi connectivity index (χ4n) is 4.21. The minimum absolute atomic E-state index is 0.0148. The van der Waals surface area contributed by atoms with Gasteiger partial charge in [0.05, 0.1) is 6.20 Å². The molecule has 2 fully saturated rings. The van der Waals surface area contributed by atoms with Crippen molar-refractivity contribution in [3.05, 3.63) is 6.20 Å². The van der Waals surface area contributed by atoms with E-state index in [1.807, 2.05) is 25.5 Å². The summed E-state index contributed by atoms with van der Waals surface area (Å²) < 4.78 is 13.1. The maximum atomic E-state index is 12.0. The molecule has 0 radical (unpaired) electrons. The van der Waals surface area contributed by atoms with Gasteiger partial charge in [-0.15, -0.1) is 12.6 Å². The number of fused-ring (bicyclic) bond motifs is 1. The van der Waals surface area contributed by atoms with E-state index in [4.69, 9.17) is 14.5 Å². The van der Waals surface area contributed by atoms with E-state index in [2.05, 4.69) is 39.9 Å². The van der Waals surface area contributed by atoms with E-state index in [0.717, 1.165) is 63.3 Å². The SMILES string of the molecule is CC1(CNC(=O)OC(C)(C)C)CCN(c2cnc3c(S)nn(C4CCCCO4)c3n2)CC1. The maximum absolute atomic E-state index is 12.0. The second-order valence-corrected chi connectivity index (χ2v) is 10.6. The fourth-order valence-corrected chi connectivity index (χ4v) is 4.46. The summed E-state index contributed by atoms with van der Waals surface area (Å²) in [4.78, 5) is 23.8. The monoisotopic (exact) mass is 462 g/mol. The summed E-state index contributed by atoms with van der Waals surface area (Å²) in [6.07, 6.45) is 6.31. The first kappa shape index (κ1) is 23.1. The van der Waals surface area contributed by atoms with Crippen molar-refractivity contribution in [1.82, 2.24) is 25.1 Å². The van der Waals surface area contributed by atoms with Crippen LogP contribution in [0.5, 0.6) is 0 Å². The zero-order valence-corrected chi connectivity index (χ0v) is 20.3. The number of hydrogen-bond donors (Lipinski definition) is 2. The van der Waals surface area contributed by atoms with Gasteiger partial charge >= 0.3 is 6.09 Å². The van der Waals surface area contributed by atoms with E-state index in [-0.39, 0.29) is 17.7 Å². The lowest BCUT2D eigenvalue weighted by Crippen LogP contribution is -2.46. The summed E-state index contributed by atoms with van der Waals surface area (Å²) in [6, 6.07) is 0. The van der Waals surface area contributed by atoms with Crippen LogP contribution >= 0.6 is 12.6 Å². The molecule has 2 aliphatic heterocycles. The van der Waals surface area contributed by atoms with Crippen molar-refractivity contribution in [2.45, 2.75) is 76.7 Å². The van der Waals surface area contributed by atoms with Crippen molar-refractivity contribution in [2.24, 2.45) is 5.41 Å². The molecule has 176 valence electrons. The van der Waals surface area contributed by atoms with Crippen LogP contribution in [0.15, 0.2) is 11.2 Å². The Morgan fingerprint density at radius 2 is 2.09 bits per heavy atom. The van der Waals surface area contributed by atoms with Gasteiger partial charge in [0.2, 0.25) is 0 Å². The molecule has 2 aliphatic rings. The largest absolute Gasteiger partial charge is 0.444 e. The van der Waals surface area contributed by atoms with Gasteiger partial charge in [-0.1, -0.05) is 6.92 Å².